The number of furan rings is 1. The molecule has 0 bridgehead atoms. The third-order valence-corrected chi connectivity index (χ3v) is 1.84. The van der Waals surface area contributed by atoms with E-state index in [9.17, 15) is 9.90 Å². The molecule has 1 rings (SSSR count). The van der Waals surface area contributed by atoms with Gasteiger partial charge in [0.2, 0.25) is 5.76 Å². The number of carboxylic acid groups (broad SMARTS) is 1. The molecule has 0 aliphatic carbocycles. The largest absolute Gasteiger partial charge is 0.475 e. The molecule has 1 unspecified atom stereocenters. The SMILES string of the molecule is CC(C)(C)OCC(O)c1ccc(C(=O)O)o1. The average Bonchev–Trinajstić information content (AvgIpc) is 2.61. The predicted octanol–water partition coefficient (Wildman–Crippen LogP) is 1.83. The minimum atomic E-state index is -1.16. The Morgan fingerprint density at radius 3 is 2.56 bits per heavy atom. The molecule has 90 valence electrons. The molecule has 0 radical (unpaired) electrons. The molecule has 0 fully saturated rings. The van der Waals surface area contributed by atoms with E-state index in [0.717, 1.165) is 0 Å². The van der Waals surface area contributed by atoms with Gasteiger partial charge in [0.05, 0.1) is 12.2 Å². The van der Waals surface area contributed by atoms with Gasteiger partial charge in [-0.2, -0.15) is 0 Å². The van der Waals surface area contributed by atoms with Crippen molar-refractivity contribution in [2.75, 3.05) is 6.61 Å². The van der Waals surface area contributed by atoms with E-state index < -0.39 is 12.1 Å². The first-order chi connectivity index (χ1) is 7.29. The lowest BCUT2D eigenvalue weighted by Gasteiger charge is -2.21. The van der Waals surface area contributed by atoms with Crippen molar-refractivity contribution in [1.29, 1.82) is 0 Å². The molecule has 1 atom stereocenters. The van der Waals surface area contributed by atoms with Crippen molar-refractivity contribution in [3.63, 3.8) is 0 Å². The van der Waals surface area contributed by atoms with Gasteiger partial charge in [-0.15, -0.1) is 0 Å². The van der Waals surface area contributed by atoms with Crippen LogP contribution in [0, 0.1) is 0 Å². The summed E-state index contributed by atoms with van der Waals surface area (Å²) in [5.74, 6) is -1.15. The Balaban J connectivity index is 2.59. The average molecular weight is 228 g/mol. The van der Waals surface area contributed by atoms with Crippen molar-refractivity contribution in [3.8, 4) is 0 Å². The lowest BCUT2D eigenvalue weighted by molar-refractivity contribution is -0.0549. The first kappa shape index (κ1) is 12.7. The Bertz CT molecular complexity index is 361. The van der Waals surface area contributed by atoms with E-state index in [2.05, 4.69) is 0 Å². The van der Waals surface area contributed by atoms with Gasteiger partial charge in [0.1, 0.15) is 11.9 Å². The number of aromatic carboxylic acids is 1. The van der Waals surface area contributed by atoms with Crippen molar-refractivity contribution in [2.24, 2.45) is 0 Å². The van der Waals surface area contributed by atoms with Crippen molar-refractivity contribution >= 4 is 5.97 Å². The van der Waals surface area contributed by atoms with E-state index in [1.54, 1.807) is 0 Å². The smallest absolute Gasteiger partial charge is 0.371 e. The number of rotatable bonds is 4. The van der Waals surface area contributed by atoms with E-state index >= 15 is 0 Å². The summed E-state index contributed by atoms with van der Waals surface area (Å²) in [7, 11) is 0. The number of hydrogen-bond acceptors (Lipinski definition) is 4. The van der Waals surface area contributed by atoms with Crippen LogP contribution < -0.4 is 0 Å². The van der Waals surface area contributed by atoms with E-state index in [1.165, 1.54) is 12.1 Å². The van der Waals surface area contributed by atoms with Gasteiger partial charge >= 0.3 is 5.97 Å². The fourth-order valence-corrected chi connectivity index (χ4v) is 1.06. The monoisotopic (exact) mass is 228 g/mol. The van der Waals surface area contributed by atoms with Crippen LogP contribution in [0.4, 0.5) is 0 Å². The van der Waals surface area contributed by atoms with Gasteiger partial charge in [-0.1, -0.05) is 0 Å². The molecule has 0 saturated carbocycles. The van der Waals surface area contributed by atoms with Gasteiger partial charge in [0, 0.05) is 0 Å². The van der Waals surface area contributed by atoms with E-state index in [1.807, 2.05) is 20.8 Å². The second kappa shape index (κ2) is 4.67. The maximum absolute atomic E-state index is 10.5. The van der Waals surface area contributed by atoms with Gasteiger partial charge in [0.25, 0.3) is 0 Å². The fraction of sp³-hybridized carbons (Fsp3) is 0.545. The maximum Gasteiger partial charge on any atom is 0.371 e. The van der Waals surface area contributed by atoms with Crippen LogP contribution >= 0.6 is 0 Å². The second-order valence-corrected chi connectivity index (χ2v) is 4.45. The Hall–Kier alpha value is -1.33. The summed E-state index contributed by atoms with van der Waals surface area (Å²) >= 11 is 0. The van der Waals surface area contributed by atoms with Crippen molar-refractivity contribution < 1.29 is 24.2 Å². The van der Waals surface area contributed by atoms with E-state index in [4.69, 9.17) is 14.3 Å². The van der Waals surface area contributed by atoms with Gasteiger partial charge in [-0.3, -0.25) is 0 Å². The van der Waals surface area contributed by atoms with Crippen LogP contribution in [0.25, 0.3) is 0 Å². The molecule has 0 aromatic carbocycles. The third kappa shape index (κ3) is 3.67. The van der Waals surface area contributed by atoms with E-state index in [0.29, 0.717) is 0 Å². The minimum absolute atomic E-state index is 0.0655. The highest BCUT2D eigenvalue weighted by Gasteiger charge is 2.18. The summed E-state index contributed by atoms with van der Waals surface area (Å²) in [4.78, 5) is 10.5. The lowest BCUT2D eigenvalue weighted by atomic mass is 10.2. The zero-order valence-corrected chi connectivity index (χ0v) is 9.56. The quantitative estimate of drug-likeness (QED) is 0.821. The molecule has 2 N–H and O–H groups in total. The van der Waals surface area contributed by atoms with Crippen LogP contribution in [0.5, 0.6) is 0 Å². The number of aliphatic hydroxyl groups is 1. The van der Waals surface area contributed by atoms with E-state index in [-0.39, 0.29) is 23.7 Å². The molecule has 0 aliphatic rings. The minimum Gasteiger partial charge on any atom is -0.475 e. The maximum atomic E-state index is 10.5. The molecular weight excluding hydrogens is 212 g/mol. The molecule has 16 heavy (non-hydrogen) atoms. The number of hydrogen-bond donors (Lipinski definition) is 2. The summed E-state index contributed by atoms with van der Waals surface area (Å²) in [6, 6.07) is 2.73. The Morgan fingerprint density at radius 2 is 2.12 bits per heavy atom. The summed E-state index contributed by atoms with van der Waals surface area (Å²) in [6.07, 6.45) is -0.952. The van der Waals surface area contributed by atoms with Crippen LogP contribution in [-0.2, 0) is 4.74 Å². The molecule has 0 amide bonds. The third-order valence-electron chi connectivity index (χ3n) is 1.84. The zero-order chi connectivity index (χ0) is 12.3. The topological polar surface area (TPSA) is 79.9 Å². The summed E-state index contributed by atoms with van der Waals surface area (Å²) < 4.78 is 10.3. The molecule has 0 saturated heterocycles. The van der Waals surface area contributed by atoms with Crippen LogP contribution in [-0.4, -0.2) is 28.4 Å². The number of carbonyl (C=O) groups is 1. The van der Waals surface area contributed by atoms with Crippen LogP contribution in [0.1, 0.15) is 43.2 Å². The van der Waals surface area contributed by atoms with Crippen LogP contribution in [0.15, 0.2) is 16.5 Å². The van der Waals surface area contributed by atoms with Gasteiger partial charge in [-0.25, -0.2) is 4.79 Å². The first-order valence-electron chi connectivity index (χ1n) is 4.94. The molecular formula is C11H16O5. The lowest BCUT2D eigenvalue weighted by Crippen LogP contribution is -2.22. The molecule has 1 aromatic heterocycles. The number of aliphatic hydroxyl groups excluding tert-OH is 1. The second-order valence-electron chi connectivity index (χ2n) is 4.45. The van der Waals surface area contributed by atoms with Crippen molar-refractivity contribution in [1.82, 2.24) is 0 Å². The summed E-state index contributed by atoms with van der Waals surface area (Å²) in [5, 5.41) is 18.3. The molecule has 1 heterocycles. The van der Waals surface area contributed by atoms with Crippen LogP contribution in [0.2, 0.25) is 0 Å². The highest BCUT2D eigenvalue weighted by molar-refractivity contribution is 5.84. The Morgan fingerprint density at radius 1 is 1.50 bits per heavy atom. The predicted molar refractivity (Wildman–Crippen MR) is 56.3 cm³/mol. The highest BCUT2D eigenvalue weighted by Crippen LogP contribution is 2.19. The first-order valence-corrected chi connectivity index (χ1v) is 4.94. The normalized spacial score (nSPS) is 13.8. The van der Waals surface area contributed by atoms with Gasteiger partial charge in [-0.05, 0) is 32.9 Å². The highest BCUT2D eigenvalue weighted by atomic mass is 16.5. The van der Waals surface area contributed by atoms with Gasteiger partial charge in [0.15, 0.2) is 0 Å². The van der Waals surface area contributed by atoms with Gasteiger partial charge < -0.3 is 19.4 Å². The molecule has 1 aromatic rings. The molecule has 0 aliphatic heterocycles. The molecule has 5 heteroatoms. The number of carboxylic acids is 1. The zero-order valence-electron chi connectivity index (χ0n) is 9.56. The van der Waals surface area contributed by atoms with Crippen molar-refractivity contribution in [2.45, 2.75) is 32.5 Å². The molecule has 5 nitrogen and oxygen atoms in total. The fourth-order valence-electron chi connectivity index (χ4n) is 1.06. The molecule has 0 spiro atoms. The summed E-state index contributed by atoms with van der Waals surface area (Å²) in [5.41, 5.74) is -0.358. The van der Waals surface area contributed by atoms with Crippen LogP contribution in [0.3, 0.4) is 0 Å². The number of ether oxygens (including phenoxy) is 1. The summed E-state index contributed by atoms with van der Waals surface area (Å²) in [6.45, 7) is 5.66. The standard InChI is InChI=1S/C11H16O5/c1-11(2,3)15-6-7(12)8-4-5-9(16-8)10(13)14/h4-5,7,12H,6H2,1-3H3,(H,13,14). The Labute approximate surface area is 93.6 Å². The Kier molecular flexibility index (Phi) is 3.72. The van der Waals surface area contributed by atoms with Crippen molar-refractivity contribution in [3.05, 3.63) is 23.7 Å².